The molecule has 0 aliphatic heterocycles. The first-order valence-electron chi connectivity index (χ1n) is 5.33. The van der Waals surface area contributed by atoms with Crippen LogP contribution in [-0.2, 0) is 16.2 Å². The summed E-state index contributed by atoms with van der Waals surface area (Å²) >= 11 is 0. The van der Waals surface area contributed by atoms with Gasteiger partial charge in [0.1, 0.15) is 6.54 Å². The van der Waals surface area contributed by atoms with Gasteiger partial charge in [-0.15, -0.1) is 0 Å². The lowest BCUT2D eigenvalue weighted by Gasteiger charge is -2.08. The number of halogens is 3. The van der Waals surface area contributed by atoms with Crippen molar-refractivity contribution in [3.8, 4) is 0 Å². The number of aromatic nitrogens is 2. The van der Waals surface area contributed by atoms with Crippen LogP contribution in [0, 0.1) is 0 Å². The van der Waals surface area contributed by atoms with E-state index in [9.17, 15) is 18.0 Å². The largest absolute Gasteiger partial charge is 0.414 e. The van der Waals surface area contributed by atoms with Crippen LogP contribution in [0.15, 0.2) is 30.6 Å². The summed E-state index contributed by atoms with van der Waals surface area (Å²) in [4.78, 5) is 19.5. The molecule has 0 aliphatic rings. The molecule has 0 saturated carbocycles. The Balaban J connectivity index is 1.92. The zero-order valence-corrected chi connectivity index (χ0v) is 9.65. The number of hydrogen-bond acceptors (Lipinski definition) is 3. The molecule has 0 aliphatic carbocycles. The molecule has 1 aromatic carbocycles. The highest BCUT2D eigenvalue weighted by atomic mass is 19.4. The third kappa shape index (κ3) is 3.68. The Morgan fingerprint density at radius 3 is 2.84 bits per heavy atom. The molecule has 0 fully saturated rings. The molecule has 0 radical (unpaired) electrons. The number of para-hydroxylation sites is 2. The highest BCUT2D eigenvalue weighted by molar-refractivity contribution is 5.79. The Kier molecular flexibility index (Phi) is 3.70. The molecule has 8 heteroatoms. The predicted molar refractivity (Wildman–Crippen MR) is 59.9 cm³/mol. The zero-order valence-electron chi connectivity index (χ0n) is 9.65. The Bertz CT molecular complexity index is 580. The van der Waals surface area contributed by atoms with E-state index in [1.54, 1.807) is 29.7 Å². The Morgan fingerprint density at radius 1 is 1.37 bits per heavy atom. The number of nitrogens with zero attached hydrogens (tertiary/aromatic N) is 2. The number of imidazole rings is 1. The fourth-order valence-corrected chi connectivity index (χ4v) is 1.52. The van der Waals surface area contributed by atoms with Crippen molar-refractivity contribution in [3.63, 3.8) is 0 Å². The summed E-state index contributed by atoms with van der Waals surface area (Å²) in [6.45, 7) is -1.69. The van der Waals surface area contributed by atoms with Gasteiger partial charge in [0, 0.05) is 0 Å². The maximum absolute atomic E-state index is 11.8. The van der Waals surface area contributed by atoms with Gasteiger partial charge < -0.3 is 4.57 Å². The minimum absolute atomic E-state index is 0.168. The van der Waals surface area contributed by atoms with Crippen LogP contribution in [0.1, 0.15) is 0 Å². The smallest absolute Gasteiger partial charge is 0.321 e. The van der Waals surface area contributed by atoms with Crippen molar-refractivity contribution in [2.24, 2.45) is 0 Å². The number of fused-ring (bicyclic) bond motifs is 1. The van der Waals surface area contributed by atoms with Gasteiger partial charge in [-0.3, -0.25) is 9.63 Å². The topological polar surface area (TPSA) is 56.2 Å². The molecule has 0 unspecified atom stereocenters. The van der Waals surface area contributed by atoms with E-state index in [-0.39, 0.29) is 6.54 Å². The van der Waals surface area contributed by atoms with Crippen molar-refractivity contribution in [1.82, 2.24) is 15.0 Å². The van der Waals surface area contributed by atoms with Crippen LogP contribution in [0.4, 0.5) is 13.2 Å². The lowest BCUT2D eigenvalue weighted by atomic mass is 10.3. The maximum atomic E-state index is 11.8. The summed E-state index contributed by atoms with van der Waals surface area (Å²) in [5.74, 6) is -0.688. The first-order chi connectivity index (χ1) is 8.96. The summed E-state index contributed by atoms with van der Waals surface area (Å²) in [6.07, 6.45) is -3.04. The van der Waals surface area contributed by atoms with Gasteiger partial charge in [-0.05, 0) is 12.1 Å². The van der Waals surface area contributed by atoms with Gasteiger partial charge in [-0.2, -0.15) is 13.2 Å². The van der Waals surface area contributed by atoms with E-state index in [0.29, 0.717) is 11.0 Å². The molecule has 1 N–H and O–H groups in total. The van der Waals surface area contributed by atoms with Gasteiger partial charge in [-0.25, -0.2) is 10.5 Å². The fourth-order valence-electron chi connectivity index (χ4n) is 1.52. The number of nitrogens with one attached hydrogen (secondary N) is 1. The molecule has 0 saturated heterocycles. The van der Waals surface area contributed by atoms with Gasteiger partial charge in [0.05, 0.1) is 17.4 Å². The van der Waals surface area contributed by atoms with E-state index in [1.807, 2.05) is 0 Å². The minimum Gasteiger partial charge on any atom is -0.321 e. The van der Waals surface area contributed by atoms with E-state index in [4.69, 9.17) is 0 Å². The molecule has 19 heavy (non-hydrogen) atoms. The Labute approximate surface area is 105 Å². The van der Waals surface area contributed by atoms with Crippen LogP contribution in [0.3, 0.4) is 0 Å². The molecule has 1 aromatic heterocycles. The second-order valence-electron chi connectivity index (χ2n) is 3.79. The maximum Gasteiger partial charge on any atom is 0.414 e. The van der Waals surface area contributed by atoms with Gasteiger partial charge in [0.15, 0.2) is 6.61 Å². The van der Waals surface area contributed by atoms with Crippen molar-refractivity contribution in [1.29, 1.82) is 0 Å². The predicted octanol–water partition coefficient (Wildman–Crippen LogP) is 1.65. The number of amides is 1. The van der Waals surface area contributed by atoms with E-state index < -0.39 is 18.7 Å². The molecule has 1 amide bonds. The molecule has 5 nitrogen and oxygen atoms in total. The third-order valence-corrected chi connectivity index (χ3v) is 2.26. The molecular weight excluding hydrogens is 263 g/mol. The average Bonchev–Trinajstić information content (AvgIpc) is 2.71. The van der Waals surface area contributed by atoms with Crippen LogP contribution in [0.25, 0.3) is 11.0 Å². The highest BCUT2D eigenvalue weighted by Crippen LogP contribution is 2.14. The zero-order chi connectivity index (χ0) is 13.9. The monoisotopic (exact) mass is 273 g/mol. The van der Waals surface area contributed by atoms with Crippen LogP contribution in [0.5, 0.6) is 0 Å². The van der Waals surface area contributed by atoms with Gasteiger partial charge >= 0.3 is 6.18 Å². The van der Waals surface area contributed by atoms with Gasteiger partial charge in [-0.1, -0.05) is 12.1 Å². The second-order valence-corrected chi connectivity index (χ2v) is 3.79. The summed E-state index contributed by atoms with van der Waals surface area (Å²) in [6, 6.07) is 7.10. The number of carbonyl (C=O) groups is 1. The summed E-state index contributed by atoms with van der Waals surface area (Å²) < 4.78 is 36.9. The number of alkyl halides is 3. The molecule has 2 aromatic rings. The molecule has 102 valence electrons. The fraction of sp³-hybridized carbons (Fsp3) is 0.273. The van der Waals surface area contributed by atoms with E-state index >= 15 is 0 Å². The van der Waals surface area contributed by atoms with Crippen molar-refractivity contribution in [2.45, 2.75) is 12.7 Å². The van der Waals surface area contributed by atoms with E-state index in [0.717, 1.165) is 0 Å². The third-order valence-electron chi connectivity index (χ3n) is 2.26. The van der Waals surface area contributed by atoms with Crippen molar-refractivity contribution in [3.05, 3.63) is 30.6 Å². The molecule has 1 heterocycles. The number of hydrogen-bond donors (Lipinski definition) is 1. The standard InChI is InChI=1S/C11H10F3N3O2/c12-11(13,14)6-19-16-10(18)5-17-7-15-8-3-1-2-4-9(8)17/h1-4,7H,5-6H2,(H,16,18). The number of hydroxylamine groups is 1. The second kappa shape index (κ2) is 5.27. The number of carbonyl (C=O) groups excluding carboxylic acids is 1. The van der Waals surface area contributed by atoms with Crippen molar-refractivity contribution < 1.29 is 22.8 Å². The quantitative estimate of drug-likeness (QED) is 0.862. The molecule has 0 spiro atoms. The SMILES string of the molecule is O=C(Cn1cnc2ccccc21)NOCC(F)(F)F. The molecule has 2 rings (SSSR count). The highest BCUT2D eigenvalue weighted by Gasteiger charge is 2.28. The van der Waals surface area contributed by atoms with Crippen LogP contribution in [-0.4, -0.2) is 28.2 Å². The molecule has 0 atom stereocenters. The number of rotatable bonds is 4. The number of benzene rings is 1. The normalized spacial score (nSPS) is 11.7. The molecular formula is C11H10F3N3O2. The first kappa shape index (κ1) is 13.3. The Morgan fingerprint density at radius 2 is 2.11 bits per heavy atom. The molecule has 0 bridgehead atoms. The Hall–Kier alpha value is -2.09. The minimum atomic E-state index is -4.48. The lowest BCUT2D eigenvalue weighted by Crippen LogP contribution is -2.31. The summed E-state index contributed by atoms with van der Waals surface area (Å²) in [7, 11) is 0. The average molecular weight is 273 g/mol. The van der Waals surface area contributed by atoms with Crippen LogP contribution >= 0.6 is 0 Å². The lowest BCUT2D eigenvalue weighted by molar-refractivity contribution is -0.191. The van der Waals surface area contributed by atoms with Crippen molar-refractivity contribution >= 4 is 16.9 Å². The van der Waals surface area contributed by atoms with Crippen LogP contribution < -0.4 is 5.48 Å². The van der Waals surface area contributed by atoms with Gasteiger partial charge in [0.2, 0.25) is 0 Å². The van der Waals surface area contributed by atoms with Gasteiger partial charge in [0.25, 0.3) is 5.91 Å². The van der Waals surface area contributed by atoms with E-state index in [2.05, 4.69) is 9.82 Å². The first-order valence-corrected chi connectivity index (χ1v) is 5.33. The van der Waals surface area contributed by atoms with Crippen LogP contribution in [0.2, 0.25) is 0 Å². The van der Waals surface area contributed by atoms with Crippen molar-refractivity contribution in [2.75, 3.05) is 6.61 Å². The summed E-state index contributed by atoms with van der Waals surface area (Å²) in [5, 5.41) is 0. The van der Waals surface area contributed by atoms with E-state index in [1.165, 1.54) is 10.9 Å². The summed E-state index contributed by atoms with van der Waals surface area (Å²) in [5.41, 5.74) is 3.15.